The number of ether oxygens (including phenoxy) is 1. The summed E-state index contributed by atoms with van der Waals surface area (Å²) in [7, 11) is 1.55. The van der Waals surface area contributed by atoms with E-state index in [1.165, 1.54) is 23.7 Å². The highest BCUT2D eigenvalue weighted by molar-refractivity contribution is 5.91. The number of methoxy groups -OCH3 is 1. The SMILES string of the molecule is COc1cc(C(=O)O)cn2nc(-c3cc4ccccc4n3CC3CC3)c(C)c12. The Morgan fingerprint density at radius 1 is 1.29 bits per heavy atom. The predicted octanol–water partition coefficient (Wildman–Crippen LogP) is 4.38. The van der Waals surface area contributed by atoms with Gasteiger partial charge < -0.3 is 14.4 Å². The molecule has 1 N–H and O–H groups in total. The Morgan fingerprint density at radius 2 is 2.07 bits per heavy atom. The van der Waals surface area contributed by atoms with Crippen LogP contribution in [0.5, 0.6) is 5.75 Å². The van der Waals surface area contributed by atoms with E-state index in [9.17, 15) is 9.90 Å². The number of hydrogen-bond acceptors (Lipinski definition) is 3. The van der Waals surface area contributed by atoms with Crippen molar-refractivity contribution in [2.45, 2.75) is 26.3 Å². The number of para-hydroxylation sites is 1. The van der Waals surface area contributed by atoms with Crippen molar-refractivity contribution in [2.24, 2.45) is 5.92 Å². The van der Waals surface area contributed by atoms with Crippen molar-refractivity contribution in [3.8, 4) is 17.1 Å². The number of pyridine rings is 1. The molecule has 6 nitrogen and oxygen atoms in total. The molecule has 1 aliphatic carbocycles. The number of aromatic nitrogens is 3. The summed E-state index contributed by atoms with van der Waals surface area (Å²) in [4.78, 5) is 11.5. The Bertz CT molecular complexity index is 1230. The van der Waals surface area contributed by atoms with Crippen molar-refractivity contribution in [2.75, 3.05) is 7.11 Å². The minimum atomic E-state index is -1.00. The second kappa shape index (κ2) is 6.12. The fourth-order valence-corrected chi connectivity index (χ4v) is 3.96. The summed E-state index contributed by atoms with van der Waals surface area (Å²) < 4.78 is 9.47. The molecule has 4 aromatic rings. The van der Waals surface area contributed by atoms with Crippen LogP contribution in [-0.2, 0) is 6.54 Å². The van der Waals surface area contributed by atoms with Gasteiger partial charge in [-0.1, -0.05) is 18.2 Å². The number of carboxylic acid groups (broad SMARTS) is 1. The van der Waals surface area contributed by atoms with Crippen molar-refractivity contribution in [3.05, 3.63) is 53.7 Å². The van der Waals surface area contributed by atoms with Crippen LogP contribution < -0.4 is 4.74 Å². The van der Waals surface area contributed by atoms with Gasteiger partial charge in [0.05, 0.1) is 18.4 Å². The molecule has 28 heavy (non-hydrogen) atoms. The van der Waals surface area contributed by atoms with Crippen LogP contribution in [0.2, 0.25) is 0 Å². The topological polar surface area (TPSA) is 68.8 Å². The number of carboxylic acids is 1. The minimum absolute atomic E-state index is 0.150. The highest BCUT2D eigenvalue weighted by atomic mass is 16.5. The van der Waals surface area contributed by atoms with Gasteiger partial charge in [0.25, 0.3) is 0 Å². The molecule has 142 valence electrons. The van der Waals surface area contributed by atoms with E-state index < -0.39 is 5.97 Å². The zero-order valence-corrected chi connectivity index (χ0v) is 15.8. The molecule has 1 saturated carbocycles. The van der Waals surface area contributed by atoms with Crippen LogP contribution in [0.4, 0.5) is 0 Å². The van der Waals surface area contributed by atoms with E-state index in [1.54, 1.807) is 23.9 Å². The lowest BCUT2D eigenvalue weighted by Gasteiger charge is -2.09. The summed E-state index contributed by atoms with van der Waals surface area (Å²) in [5.41, 5.74) is 5.06. The third-order valence-electron chi connectivity index (χ3n) is 5.59. The first-order chi connectivity index (χ1) is 13.6. The van der Waals surface area contributed by atoms with Gasteiger partial charge in [-0.05, 0) is 43.9 Å². The first-order valence-electron chi connectivity index (χ1n) is 9.45. The molecular weight excluding hydrogens is 354 g/mol. The Hall–Kier alpha value is -3.28. The Morgan fingerprint density at radius 3 is 2.79 bits per heavy atom. The molecule has 0 spiro atoms. The highest BCUT2D eigenvalue weighted by Crippen LogP contribution is 2.38. The maximum atomic E-state index is 11.5. The largest absolute Gasteiger partial charge is 0.494 e. The van der Waals surface area contributed by atoms with Crippen molar-refractivity contribution in [3.63, 3.8) is 0 Å². The number of carbonyl (C=O) groups is 1. The van der Waals surface area contributed by atoms with Gasteiger partial charge in [0.1, 0.15) is 17.0 Å². The third-order valence-corrected chi connectivity index (χ3v) is 5.59. The van der Waals surface area contributed by atoms with E-state index in [4.69, 9.17) is 9.84 Å². The number of fused-ring (bicyclic) bond motifs is 2. The van der Waals surface area contributed by atoms with Crippen LogP contribution in [-0.4, -0.2) is 32.4 Å². The lowest BCUT2D eigenvalue weighted by Crippen LogP contribution is -2.03. The molecule has 6 heteroatoms. The summed E-state index contributed by atoms with van der Waals surface area (Å²) in [5.74, 6) is 0.235. The van der Waals surface area contributed by atoms with E-state index in [-0.39, 0.29) is 5.56 Å². The molecule has 0 saturated heterocycles. The molecule has 3 aromatic heterocycles. The average Bonchev–Trinajstić information content (AvgIpc) is 3.36. The summed E-state index contributed by atoms with van der Waals surface area (Å²) in [6.45, 7) is 2.99. The smallest absolute Gasteiger partial charge is 0.337 e. The number of benzene rings is 1. The van der Waals surface area contributed by atoms with Crippen molar-refractivity contribution in [1.29, 1.82) is 0 Å². The molecule has 1 fully saturated rings. The molecule has 0 amide bonds. The molecule has 0 unspecified atom stereocenters. The maximum Gasteiger partial charge on any atom is 0.337 e. The van der Waals surface area contributed by atoms with Gasteiger partial charge in [0, 0.05) is 29.2 Å². The van der Waals surface area contributed by atoms with E-state index in [2.05, 4.69) is 28.8 Å². The average molecular weight is 375 g/mol. The fraction of sp³-hybridized carbons (Fsp3) is 0.273. The number of aryl methyl sites for hydroxylation is 1. The van der Waals surface area contributed by atoms with Crippen LogP contribution in [0, 0.1) is 12.8 Å². The highest BCUT2D eigenvalue weighted by Gasteiger charge is 2.26. The molecule has 1 aliphatic rings. The van der Waals surface area contributed by atoms with Gasteiger partial charge in [-0.25, -0.2) is 9.31 Å². The van der Waals surface area contributed by atoms with Crippen LogP contribution in [0.1, 0.15) is 28.8 Å². The van der Waals surface area contributed by atoms with E-state index >= 15 is 0 Å². The number of hydrogen-bond donors (Lipinski definition) is 1. The zero-order chi connectivity index (χ0) is 19.4. The predicted molar refractivity (Wildman–Crippen MR) is 107 cm³/mol. The lowest BCUT2D eigenvalue weighted by atomic mass is 10.1. The molecule has 1 aromatic carbocycles. The van der Waals surface area contributed by atoms with Gasteiger partial charge in [0.15, 0.2) is 0 Å². The Balaban J connectivity index is 1.77. The molecule has 0 radical (unpaired) electrons. The molecule has 0 aliphatic heterocycles. The number of nitrogens with zero attached hydrogens (tertiary/aromatic N) is 3. The van der Waals surface area contributed by atoms with Crippen LogP contribution in [0.25, 0.3) is 27.8 Å². The van der Waals surface area contributed by atoms with E-state index in [0.717, 1.165) is 34.9 Å². The zero-order valence-electron chi connectivity index (χ0n) is 15.8. The standard InChI is InChI=1S/C22H21N3O3/c1-13-20(23-25-12-16(22(26)27)10-19(28-2)21(13)25)18-9-15-5-3-4-6-17(15)24(18)11-14-7-8-14/h3-6,9-10,12,14H,7-8,11H2,1-2H3,(H,26,27). The minimum Gasteiger partial charge on any atom is -0.494 e. The molecule has 3 heterocycles. The molecule has 0 bridgehead atoms. The van der Waals surface area contributed by atoms with Crippen molar-refractivity contribution >= 4 is 22.4 Å². The normalized spacial score (nSPS) is 14.1. The second-order valence-electron chi connectivity index (χ2n) is 7.51. The summed E-state index contributed by atoms with van der Waals surface area (Å²) in [6, 6.07) is 12.1. The van der Waals surface area contributed by atoms with Gasteiger partial charge in [0.2, 0.25) is 0 Å². The van der Waals surface area contributed by atoms with E-state index in [0.29, 0.717) is 5.75 Å². The van der Waals surface area contributed by atoms with Gasteiger partial charge in [-0.15, -0.1) is 0 Å². The van der Waals surface area contributed by atoms with Crippen molar-refractivity contribution < 1.29 is 14.6 Å². The fourth-order valence-electron chi connectivity index (χ4n) is 3.96. The van der Waals surface area contributed by atoms with Crippen LogP contribution in [0.3, 0.4) is 0 Å². The van der Waals surface area contributed by atoms with Crippen LogP contribution in [0.15, 0.2) is 42.6 Å². The van der Waals surface area contributed by atoms with Gasteiger partial charge in [-0.2, -0.15) is 5.10 Å². The Kier molecular flexibility index (Phi) is 3.69. The molecule has 5 rings (SSSR count). The summed E-state index contributed by atoms with van der Waals surface area (Å²) in [5, 5.41) is 15.4. The van der Waals surface area contributed by atoms with Crippen LogP contribution >= 0.6 is 0 Å². The summed E-state index contributed by atoms with van der Waals surface area (Å²) in [6.07, 6.45) is 4.09. The lowest BCUT2D eigenvalue weighted by molar-refractivity contribution is 0.0695. The maximum absolute atomic E-state index is 11.5. The first kappa shape index (κ1) is 16.9. The quantitative estimate of drug-likeness (QED) is 0.562. The monoisotopic (exact) mass is 375 g/mol. The van der Waals surface area contributed by atoms with Gasteiger partial charge in [-0.3, -0.25) is 0 Å². The second-order valence-corrected chi connectivity index (χ2v) is 7.51. The summed E-state index contributed by atoms with van der Waals surface area (Å²) >= 11 is 0. The molecular formula is C22H21N3O3. The Labute approximate surface area is 162 Å². The third kappa shape index (κ3) is 2.56. The van der Waals surface area contributed by atoms with E-state index in [1.807, 2.05) is 13.0 Å². The molecule has 0 atom stereocenters. The number of aromatic carboxylic acids is 1. The van der Waals surface area contributed by atoms with Crippen molar-refractivity contribution in [1.82, 2.24) is 14.2 Å². The number of rotatable bonds is 5. The first-order valence-corrected chi connectivity index (χ1v) is 9.45. The van der Waals surface area contributed by atoms with Gasteiger partial charge >= 0.3 is 5.97 Å².